The molecule has 0 spiro atoms. The zero-order valence-corrected chi connectivity index (χ0v) is 24.2. The van der Waals surface area contributed by atoms with Gasteiger partial charge in [-0.25, -0.2) is 0 Å². The lowest BCUT2D eigenvalue weighted by Gasteiger charge is -2.42. The summed E-state index contributed by atoms with van der Waals surface area (Å²) in [6.45, 7) is 7.18. The minimum absolute atomic E-state index is 0.253. The molecule has 0 amide bonds. The predicted molar refractivity (Wildman–Crippen MR) is 157 cm³/mol. The lowest BCUT2D eigenvalue weighted by molar-refractivity contribution is -0.137. The van der Waals surface area contributed by atoms with E-state index in [-0.39, 0.29) is 5.69 Å². The molecular formula is C30H37F3N8. The molecular weight excluding hydrogens is 529 g/mol. The van der Waals surface area contributed by atoms with Crippen molar-refractivity contribution in [2.45, 2.75) is 51.0 Å². The van der Waals surface area contributed by atoms with E-state index in [9.17, 15) is 13.2 Å². The van der Waals surface area contributed by atoms with Crippen molar-refractivity contribution in [1.82, 2.24) is 29.4 Å². The second-order valence-electron chi connectivity index (χ2n) is 11.8. The molecule has 0 saturated carbocycles. The van der Waals surface area contributed by atoms with E-state index in [0.717, 1.165) is 42.9 Å². The van der Waals surface area contributed by atoms with Gasteiger partial charge in [0.1, 0.15) is 0 Å². The van der Waals surface area contributed by atoms with Gasteiger partial charge in [0.2, 0.25) is 5.95 Å². The maximum absolute atomic E-state index is 14.4. The van der Waals surface area contributed by atoms with Crippen molar-refractivity contribution in [1.29, 1.82) is 0 Å². The third-order valence-corrected chi connectivity index (χ3v) is 9.02. The minimum Gasteiger partial charge on any atom is -0.371 e. The number of fused-ring (bicyclic) bond motifs is 3. The van der Waals surface area contributed by atoms with E-state index in [2.05, 4.69) is 50.8 Å². The standard InChI is InChI=1S/C30H37F3N8/c1-19-17-40(18-20(2)38(19)5)29-36-35-28-16-34-25-8-6-22(15-27(25)41(28)29)21-7-9-26(24(14-21)30(31,32)33)39-12-10-23(11-13-39)37(3)4/h6-9,14-16,19-20,23H,10-13,17-18H2,1-5H3/t19-,20?/m0/s1. The Morgan fingerprint density at radius 2 is 1.54 bits per heavy atom. The number of rotatable bonds is 4. The molecule has 2 aromatic heterocycles. The molecule has 4 aromatic rings. The van der Waals surface area contributed by atoms with Crippen LogP contribution in [0.25, 0.3) is 27.8 Å². The summed E-state index contributed by atoms with van der Waals surface area (Å²) in [5.41, 5.74) is 2.96. The fraction of sp³-hybridized carbons (Fsp3) is 0.500. The summed E-state index contributed by atoms with van der Waals surface area (Å²) in [4.78, 5) is 13.2. The fourth-order valence-electron chi connectivity index (χ4n) is 6.34. The zero-order chi connectivity index (χ0) is 29.1. The molecule has 2 saturated heterocycles. The number of piperazine rings is 1. The van der Waals surface area contributed by atoms with Crippen LogP contribution in [-0.4, -0.2) is 94.8 Å². The van der Waals surface area contributed by atoms with E-state index in [0.29, 0.717) is 48.0 Å². The molecule has 0 radical (unpaired) electrons. The van der Waals surface area contributed by atoms with E-state index in [4.69, 9.17) is 0 Å². The molecule has 4 heterocycles. The van der Waals surface area contributed by atoms with Crippen LogP contribution in [0.15, 0.2) is 42.6 Å². The van der Waals surface area contributed by atoms with Gasteiger partial charge >= 0.3 is 6.18 Å². The van der Waals surface area contributed by atoms with Gasteiger partial charge in [0.15, 0.2) is 5.65 Å². The molecule has 218 valence electrons. The first-order valence-electron chi connectivity index (χ1n) is 14.2. The topological polar surface area (TPSA) is 56.0 Å². The van der Waals surface area contributed by atoms with Crippen molar-refractivity contribution in [3.8, 4) is 11.1 Å². The molecule has 1 unspecified atom stereocenters. The molecule has 2 aromatic carbocycles. The van der Waals surface area contributed by atoms with Gasteiger partial charge in [-0.2, -0.15) is 13.2 Å². The van der Waals surface area contributed by atoms with E-state index in [1.807, 2.05) is 41.6 Å². The van der Waals surface area contributed by atoms with Crippen LogP contribution in [-0.2, 0) is 6.18 Å². The highest BCUT2D eigenvalue weighted by Gasteiger charge is 2.36. The van der Waals surface area contributed by atoms with Gasteiger partial charge in [-0.15, -0.1) is 10.2 Å². The Bertz CT molecular complexity index is 1540. The fourth-order valence-corrected chi connectivity index (χ4v) is 6.34. The van der Waals surface area contributed by atoms with Crippen LogP contribution in [0.2, 0.25) is 0 Å². The van der Waals surface area contributed by atoms with E-state index < -0.39 is 11.7 Å². The maximum Gasteiger partial charge on any atom is 0.418 e. The summed E-state index contributed by atoms with van der Waals surface area (Å²) in [6, 6.07) is 11.4. The number of likely N-dealkylation sites (N-methyl/N-ethyl adjacent to an activating group) is 1. The average Bonchev–Trinajstić information content (AvgIpc) is 3.39. The van der Waals surface area contributed by atoms with Crippen molar-refractivity contribution in [2.75, 3.05) is 57.1 Å². The first kappa shape index (κ1) is 27.7. The van der Waals surface area contributed by atoms with E-state index in [1.165, 1.54) is 6.07 Å². The number of benzene rings is 2. The summed E-state index contributed by atoms with van der Waals surface area (Å²) >= 11 is 0. The van der Waals surface area contributed by atoms with Crippen molar-refractivity contribution in [2.24, 2.45) is 0 Å². The van der Waals surface area contributed by atoms with Crippen molar-refractivity contribution < 1.29 is 13.2 Å². The molecule has 2 aliphatic rings. The Morgan fingerprint density at radius 1 is 0.878 bits per heavy atom. The number of aromatic nitrogens is 4. The third-order valence-electron chi connectivity index (χ3n) is 9.02. The predicted octanol–water partition coefficient (Wildman–Crippen LogP) is 5.02. The number of hydrogen-bond donors (Lipinski definition) is 0. The van der Waals surface area contributed by atoms with Gasteiger partial charge in [-0.3, -0.25) is 14.3 Å². The van der Waals surface area contributed by atoms with E-state index in [1.54, 1.807) is 18.3 Å². The average molecular weight is 567 g/mol. The highest BCUT2D eigenvalue weighted by molar-refractivity contribution is 5.85. The lowest BCUT2D eigenvalue weighted by Crippen LogP contribution is -2.55. The molecule has 2 fully saturated rings. The molecule has 0 aliphatic carbocycles. The van der Waals surface area contributed by atoms with Crippen LogP contribution in [0.4, 0.5) is 24.8 Å². The van der Waals surface area contributed by atoms with Crippen LogP contribution in [0.5, 0.6) is 0 Å². The largest absolute Gasteiger partial charge is 0.418 e. The molecule has 2 atom stereocenters. The highest BCUT2D eigenvalue weighted by atomic mass is 19.4. The van der Waals surface area contributed by atoms with Crippen molar-refractivity contribution in [3.63, 3.8) is 0 Å². The number of anilines is 2. The van der Waals surface area contributed by atoms with Gasteiger partial charge in [-0.05, 0) is 83.2 Å². The Balaban J connectivity index is 1.40. The van der Waals surface area contributed by atoms with Gasteiger partial charge in [0.05, 0.1) is 22.8 Å². The van der Waals surface area contributed by atoms with Gasteiger partial charge in [-0.1, -0.05) is 12.1 Å². The molecule has 11 heteroatoms. The van der Waals surface area contributed by atoms with Crippen molar-refractivity contribution >= 4 is 28.3 Å². The number of halogens is 3. The minimum atomic E-state index is -4.47. The molecule has 8 nitrogen and oxygen atoms in total. The number of piperidine rings is 1. The molecule has 0 bridgehead atoms. The van der Waals surface area contributed by atoms with E-state index >= 15 is 0 Å². The monoisotopic (exact) mass is 566 g/mol. The van der Waals surface area contributed by atoms with Crippen molar-refractivity contribution in [3.05, 3.63) is 48.2 Å². The van der Waals surface area contributed by atoms with Crippen LogP contribution >= 0.6 is 0 Å². The third kappa shape index (κ3) is 5.10. The summed E-state index contributed by atoms with van der Waals surface area (Å²) in [6.07, 6.45) is -1.10. The Hall–Kier alpha value is -3.44. The summed E-state index contributed by atoms with van der Waals surface area (Å²) in [7, 11) is 6.18. The lowest BCUT2D eigenvalue weighted by atomic mass is 9.98. The van der Waals surface area contributed by atoms with Crippen LogP contribution in [0.1, 0.15) is 32.3 Å². The zero-order valence-electron chi connectivity index (χ0n) is 24.2. The summed E-state index contributed by atoms with van der Waals surface area (Å²) in [5, 5.41) is 8.89. The quantitative estimate of drug-likeness (QED) is 0.344. The SMILES string of the molecule is CC1CN(c2nnc3cnc4ccc(-c5ccc(N6CCC(N(C)C)CC6)c(C(F)(F)F)c5)cc4n23)C[C@H](C)N1C. The number of hydrogen-bond acceptors (Lipinski definition) is 7. The Kier molecular flexibility index (Phi) is 7.05. The summed E-state index contributed by atoms with van der Waals surface area (Å²) < 4.78 is 45.2. The summed E-state index contributed by atoms with van der Waals surface area (Å²) in [5.74, 6) is 0.726. The number of nitrogens with zero attached hydrogens (tertiary/aromatic N) is 8. The van der Waals surface area contributed by atoms with Gasteiger partial charge in [0, 0.05) is 50.0 Å². The maximum atomic E-state index is 14.4. The smallest absolute Gasteiger partial charge is 0.371 e. The Morgan fingerprint density at radius 3 is 2.20 bits per heavy atom. The molecule has 2 aliphatic heterocycles. The molecule has 6 rings (SSSR count). The molecule has 41 heavy (non-hydrogen) atoms. The first-order valence-corrected chi connectivity index (χ1v) is 14.2. The van der Waals surface area contributed by atoms with Gasteiger partial charge < -0.3 is 14.7 Å². The second-order valence-corrected chi connectivity index (χ2v) is 11.8. The normalized spacial score (nSPS) is 21.5. The van der Waals surface area contributed by atoms with Gasteiger partial charge in [0.25, 0.3) is 0 Å². The second kappa shape index (κ2) is 10.4. The first-order chi connectivity index (χ1) is 19.5. The highest BCUT2D eigenvalue weighted by Crippen LogP contribution is 2.40. The Labute approximate surface area is 238 Å². The van der Waals surface area contributed by atoms with Crippen LogP contribution in [0.3, 0.4) is 0 Å². The molecule has 0 N–H and O–H groups in total. The number of alkyl halides is 3. The van der Waals surface area contributed by atoms with Crippen LogP contribution in [0, 0.1) is 0 Å². The van der Waals surface area contributed by atoms with Crippen LogP contribution < -0.4 is 9.80 Å².